The van der Waals surface area contributed by atoms with Gasteiger partial charge in [-0.15, -0.1) is 0 Å². The van der Waals surface area contributed by atoms with E-state index in [-0.39, 0.29) is 0 Å². The molecule has 0 fully saturated rings. The van der Waals surface area contributed by atoms with E-state index in [2.05, 4.69) is 11.8 Å². The molecule has 0 spiro atoms. The third-order valence-electron chi connectivity index (χ3n) is 1.97. The predicted molar refractivity (Wildman–Crippen MR) is 47.2 cm³/mol. The fourth-order valence-corrected chi connectivity index (χ4v) is 1.44. The van der Waals surface area contributed by atoms with E-state index in [9.17, 15) is 0 Å². The van der Waals surface area contributed by atoms with Crippen LogP contribution in [0.2, 0.25) is 0 Å². The molecular weight excluding hydrogens is 138 g/mol. The zero-order valence-electron chi connectivity index (χ0n) is 7.86. The number of aryl methyl sites for hydroxylation is 2. The Hall–Kier alpha value is -0.920. The van der Waals surface area contributed by atoms with Crippen LogP contribution in [-0.4, -0.2) is 14.1 Å². The lowest BCUT2D eigenvalue weighted by molar-refractivity contribution is 0.503. The van der Waals surface area contributed by atoms with Gasteiger partial charge < -0.3 is 9.32 Å². The summed E-state index contributed by atoms with van der Waals surface area (Å²) in [6.07, 6.45) is 0. The summed E-state index contributed by atoms with van der Waals surface area (Å²) in [5.74, 6) is 2.02. The minimum absolute atomic E-state index is 1.00. The molecule has 0 N–H and O–H groups in total. The number of anilines is 1. The molecule has 1 aromatic heterocycles. The molecule has 2 heteroatoms. The standard InChI is InChI=1S/C9H15NO/c1-6-7(2)11-8(3)9(6)10(4)5/h1-5H3. The van der Waals surface area contributed by atoms with Gasteiger partial charge in [0.15, 0.2) is 0 Å². The summed E-state index contributed by atoms with van der Waals surface area (Å²) in [6, 6.07) is 0. The Balaban J connectivity index is 3.22. The third-order valence-corrected chi connectivity index (χ3v) is 1.97. The summed E-state index contributed by atoms with van der Waals surface area (Å²) < 4.78 is 5.46. The van der Waals surface area contributed by atoms with Gasteiger partial charge in [0.2, 0.25) is 0 Å². The summed E-state index contributed by atoms with van der Waals surface area (Å²) in [4.78, 5) is 2.08. The van der Waals surface area contributed by atoms with Gasteiger partial charge in [-0.1, -0.05) is 0 Å². The fraction of sp³-hybridized carbons (Fsp3) is 0.556. The van der Waals surface area contributed by atoms with Gasteiger partial charge in [-0.3, -0.25) is 0 Å². The van der Waals surface area contributed by atoms with Crippen molar-refractivity contribution in [2.24, 2.45) is 0 Å². The maximum atomic E-state index is 5.46. The zero-order chi connectivity index (χ0) is 8.59. The molecule has 0 amide bonds. The summed E-state index contributed by atoms with van der Waals surface area (Å²) in [5, 5.41) is 0. The van der Waals surface area contributed by atoms with Crippen molar-refractivity contribution in [3.63, 3.8) is 0 Å². The maximum absolute atomic E-state index is 5.46. The van der Waals surface area contributed by atoms with Gasteiger partial charge >= 0.3 is 0 Å². The lowest BCUT2D eigenvalue weighted by Gasteiger charge is -2.11. The van der Waals surface area contributed by atoms with Gasteiger partial charge in [0.05, 0.1) is 5.69 Å². The number of rotatable bonds is 1. The Kier molecular flexibility index (Phi) is 1.94. The smallest absolute Gasteiger partial charge is 0.124 e. The fourth-order valence-electron chi connectivity index (χ4n) is 1.44. The third kappa shape index (κ3) is 1.25. The van der Waals surface area contributed by atoms with Crippen LogP contribution in [-0.2, 0) is 0 Å². The molecule has 0 atom stereocenters. The van der Waals surface area contributed by atoms with E-state index in [0.717, 1.165) is 11.5 Å². The Morgan fingerprint density at radius 2 is 1.55 bits per heavy atom. The largest absolute Gasteiger partial charge is 0.464 e. The Morgan fingerprint density at radius 1 is 1.00 bits per heavy atom. The van der Waals surface area contributed by atoms with Crippen molar-refractivity contribution in [2.75, 3.05) is 19.0 Å². The Bertz CT molecular complexity index is 261. The Morgan fingerprint density at radius 3 is 1.73 bits per heavy atom. The van der Waals surface area contributed by atoms with Gasteiger partial charge in [-0.25, -0.2) is 0 Å². The molecule has 0 aliphatic carbocycles. The van der Waals surface area contributed by atoms with Gasteiger partial charge in [-0.2, -0.15) is 0 Å². The van der Waals surface area contributed by atoms with Gasteiger partial charge in [0.25, 0.3) is 0 Å². The van der Waals surface area contributed by atoms with Crippen molar-refractivity contribution in [3.8, 4) is 0 Å². The lowest BCUT2D eigenvalue weighted by atomic mass is 10.2. The molecule has 0 aliphatic heterocycles. The maximum Gasteiger partial charge on any atom is 0.124 e. The highest BCUT2D eigenvalue weighted by Gasteiger charge is 2.11. The molecule has 0 aliphatic rings. The molecule has 0 unspecified atom stereocenters. The van der Waals surface area contributed by atoms with E-state index in [1.807, 2.05) is 27.9 Å². The van der Waals surface area contributed by atoms with Gasteiger partial charge in [0, 0.05) is 19.7 Å². The molecule has 62 valence electrons. The van der Waals surface area contributed by atoms with Crippen LogP contribution in [0.3, 0.4) is 0 Å². The topological polar surface area (TPSA) is 16.4 Å². The van der Waals surface area contributed by atoms with Crippen molar-refractivity contribution in [1.29, 1.82) is 0 Å². The van der Waals surface area contributed by atoms with E-state index >= 15 is 0 Å². The van der Waals surface area contributed by atoms with Crippen LogP contribution in [0, 0.1) is 20.8 Å². The Labute approximate surface area is 67.8 Å². The average molecular weight is 153 g/mol. The highest BCUT2D eigenvalue weighted by atomic mass is 16.3. The molecule has 0 aromatic carbocycles. The van der Waals surface area contributed by atoms with Crippen LogP contribution in [0.25, 0.3) is 0 Å². The summed E-state index contributed by atoms with van der Waals surface area (Å²) in [5.41, 5.74) is 2.45. The molecule has 1 heterocycles. The van der Waals surface area contributed by atoms with Gasteiger partial charge in [-0.05, 0) is 20.8 Å². The number of nitrogens with zero attached hydrogens (tertiary/aromatic N) is 1. The van der Waals surface area contributed by atoms with Crippen molar-refractivity contribution in [2.45, 2.75) is 20.8 Å². The van der Waals surface area contributed by atoms with E-state index in [1.165, 1.54) is 11.3 Å². The van der Waals surface area contributed by atoms with E-state index in [1.54, 1.807) is 0 Å². The normalized spacial score (nSPS) is 10.3. The first kappa shape index (κ1) is 8.18. The van der Waals surface area contributed by atoms with Crippen LogP contribution in [0.1, 0.15) is 17.1 Å². The highest BCUT2D eigenvalue weighted by molar-refractivity contribution is 5.56. The number of hydrogen-bond acceptors (Lipinski definition) is 2. The first-order valence-electron chi connectivity index (χ1n) is 3.78. The minimum atomic E-state index is 1.00. The van der Waals surface area contributed by atoms with E-state index < -0.39 is 0 Å². The molecule has 0 radical (unpaired) electrons. The summed E-state index contributed by atoms with van der Waals surface area (Å²) in [7, 11) is 4.06. The molecule has 0 saturated carbocycles. The van der Waals surface area contributed by atoms with Crippen LogP contribution in [0.4, 0.5) is 5.69 Å². The van der Waals surface area contributed by atoms with Gasteiger partial charge in [0.1, 0.15) is 11.5 Å². The van der Waals surface area contributed by atoms with Crippen LogP contribution >= 0.6 is 0 Å². The van der Waals surface area contributed by atoms with E-state index in [4.69, 9.17) is 4.42 Å². The molecule has 0 bridgehead atoms. The molecule has 1 aromatic rings. The first-order valence-corrected chi connectivity index (χ1v) is 3.78. The van der Waals surface area contributed by atoms with Crippen molar-refractivity contribution < 1.29 is 4.42 Å². The number of furan rings is 1. The second-order valence-electron chi connectivity index (χ2n) is 3.08. The molecule has 1 rings (SSSR count). The van der Waals surface area contributed by atoms with E-state index in [0.29, 0.717) is 0 Å². The lowest BCUT2D eigenvalue weighted by Crippen LogP contribution is -2.09. The van der Waals surface area contributed by atoms with Crippen LogP contribution in [0.15, 0.2) is 4.42 Å². The average Bonchev–Trinajstić information content (AvgIpc) is 2.07. The predicted octanol–water partition coefficient (Wildman–Crippen LogP) is 2.27. The quantitative estimate of drug-likeness (QED) is 0.615. The minimum Gasteiger partial charge on any atom is -0.464 e. The second kappa shape index (κ2) is 2.61. The van der Waals surface area contributed by atoms with Crippen molar-refractivity contribution in [3.05, 3.63) is 17.1 Å². The molecule has 2 nitrogen and oxygen atoms in total. The second-order valence-corrected chi connectivity index (χ2v) is 3.08. The first-order chi connectivity index (χ1) is 5.04. The highest BCUT2D eigenvalue weighted by Crippen LogP contribution is 2.27. The van der Waals surface area contributed by atoms with Crippen LogP contribution < -0.4 is 4.90 Å². The molecule has 11 heavy (non-hydrogen) atoms. The summed E-state index contributed by atoms with van der Waals surface area (Å²) in [6.45, 7) is 6.08. The van der Waals surface area contributed by atoms with Crippen LogP contribution in [0.5, 0.6) is 0 Å². The molecule has 0 saturated heterocycles. The molecular formula is C9H15NO. The monoisotopic (exact) mass is 153 g/mol. The van der Waals surface area contributed by atoms with Crippen molar-refractivity contribution >= 4 is 5.69 Å². The number of hydrogen-bond donors (Lipinski definition) is 0. The summed E-state index contributed by atoms with van der Waals surface area (Å²) >= 11 is 0. The SMILES string of the molecule is Cc1oc(C)c(N(C)C)c1C. The van der Waals surface area contributed by atoms with Crippen molar-refractivity contribution in [1.82, 2.24) is 0 Å². The zero-order valence-corrected chi connectivity index (χ0v) is 7.86.